The Kier molecular flexibility index (Phi) is 6.02. The number of nitrogens with zero attached hydrogens (tertiary/aromatic N) is 2. The maximum absolute atomic E-state index is 13.2. The van der Waals surface area contributed by atoms with Crippen molar-refractivity contribution >= 4 is 10.0 Å². The van der Waals surface area contributed by atoms with Gasteiger partial charge >= 0.3 is 0 Å². The maximum atomic E-state index is 13.2. The van der Waals surface area contributed by atoms with E-state index in [1.807, 2.05) is 66.7 Å². The van der Waals surface area contributed by atoms with Gasteiger partial charge in [0.1, 0.15) is 0 Å². The van der Waals surface area contributed by atoms with E-state index in [0.29, 0.717) is 18.5 Å². The first-order valence-corrected chi connectivity index (χ1v) is 10.1. The number of rotatable bonds is 7. The minimum absolute atomic E-state index is 0.144. The third kappa shape index (κ3) is 4.82. The number of nitriles is 1. The van der Waals surface area contributed by atoms with Gasteiger partial charge in [-0.2, -0.15) is 9.57 Å². The fourth-order valence-corrected chi connectivity index (χ4v) is 4.32. The Hall–Kier alpha value is -2.94. The van der Waals surface area contributed by atoms with E-state index >= 15 is 0 Å². The lowest BCUT2D eigenvalue weighted by Crippen LogP contribution is -2.32. The molecule has 0 atom stereocenters. The maximum Gasteiger partial charge on any atom is 0.243 e. The first-order chi connectivity index (χ1) is 13.1. The van der Waals surface area contributed by atoms with Crippen molar-refractivity contribution in [1.29, 1.82) is 5.26 Å². The molecule has 136 valence electrons. The average Bonchev–Trinajstić information content (AvgIpc) is 2.72. The molecule has 5 heteroatoms. The molecule has 0 radical (unpaired) electrons. The van der Waals surface area contributed by atoms with Crippen molar-refractivity contribution < 1.29 is 8.42 Å². The van der Waals surface area contributed by atoms with Crippen molar-refractivity contribution in [2.24, 2.45) is 0 Å². The number of hydrogen-bond acceptors (Lipinski definition) is 3. The van der Waals surface area contributed by atoms with E-state index in [-0.39, 0.29) is 11.4 Å². The summed E-state index contributed by atoms with van der Waals surface area (Å²) in [6.07, 6.45) is 0.616. The van der Waals surface area contributed by atoms with Crippen LogP contribution in [0.4, 0.5) is 0 Å². The van der Waals surface area contributed by atoms with Gasteiger partial charge in [-0.1, -0.05) is 66.7 Å². The number of benzene rings is 3. The fraction of sp³-hybridized carbons (Fsp3) is 0.136. The third-order valence-electron chi connectivity index (χ3n) is 4.30. The molecule has 0 N–H and O–H groups in total. The van der Waals surface area contributed by atoms with E-state index in [0.717, 1.165) is 11.1 Å². The molecule has 0 bridgehead atoms. The van der Waals surface area contributed by atoms with Crippen LogP contribution in [-0.4, -0.2) is 19.3 Å². The van der Waals surface area contributed by atoms with Crippen molar-refractivity contribution in [3.05, 3.63) is 102 Å². The summed E-state index contributed by atoms with van der Waals surface area (Å²) in [5, 5.41) is 9.10. The van der Waals surface area contributed by atoms with Crippen LogP contribution in [-0.2, 0) is 23.0 Å². The highest BCUT2D eigenvalue weighted by Gasteiger charge is 2.24. The van der Waals surface area contributed by atoms with Gasteiger partial charge in [-0.05, 0) is 35.7 Å². The Labute approximate surface area is 160 Å². The van der Waals surface area contributed by atoms with Crippen LogP contribution < -0.4 is 0 Å². The second-order valence-electron chi connectivity index (χ2n) is 6.20. The topological polar surface area (TPSA) is 61.2 Å². The molecule has 3 rings (SSSR count). The lowest BCUT2D eigenvalue weighted by Gasteiger charge is -2.22. The molecule has 3 aromatic rings. The van der Waals surface area contributed by atoms with Gasteiger partial charge in [0.25, 0.3) is 0 Å². The Bertz CT molecular complexity index is 1030. The molecule has 0 aromatic heterocycles. The summed E-state index contributed by atoms with van der Waals surface area (Å²) in [6, 6.07) is 27.5. The molecule has 0 fully saturated rings. The van der Waals surface area contributed by atoms with E-state index in [9.17, 15) is 8.42 Å². The van der Waals surface area contributed by atoms with Crippen LogP contribution in [0, 0.1) is 11.3 Å². The average molecular weight is 376 g/mol. The van der Waals surface area contributed by atoms with Crippen LogP contribution in [0.3, 0.4) is 0 Å². The largest absolute Gasteiger partial charge is 0.243 e. The first kappa shape index (κ1) is 18.8. The summed E-state index contributed by atoms with van der Waals surface area (Å²) in [7, 11) is -3.72. The zero-order chi connectivity index (χ0) is 19.1. The Morgan fingerprint density at radius 2 is 1.44 bits per heavy atom. The summed E-state index contributed by atoms with van der Waals surface area (Å²) >= 11 is 0. The monoisotopic (exact) mass is 376 g/mol. The van der Waals surface area contributed by atoms with E-state index in [1.165, 1.54) is 16.4 Å². The quantitative estimate of drug-likeness (QED) is 0.626. The van der Waals surface area contributed by atoms with Crippen LogP contribution in [0.2, 0.25) is 0 Å². The van der Waals surface area contributed by atoms with Crippen molar-refractivity contribution in [2.45, 2.75) is 17.9 Å². The van der Waals surface area contributed by atoms with Crippen LogP contribution >= 0.6 is 0 Å². The van der Waals surface area contributed by atoms with Gasteiger partial charge in [0, 0.05) is 13.1 Å². The lowest BCUT2D eigenvalue weighted by molar-refractivity contribution is 0.409. The van der Waals surface area contributed by atoms with Crippen LogP contribution in [0.25, 0.3) is 0 Å². The Morgan fingerprint density at radius 3 is 2.07 bits per heavy atom. The van der Waals surface area contributed by atoms with E-state index in [2.05, 4.69) is 0 Å². The summed E-state index contributed by atoms with van der Waals surface area (Å²) in [4.78, 5) is 0.144. The van der Waals surface area contributed by atoms with Crippen LogP contribution in [0.1, 0.15) is 16.7 Å². The van der Waals surface area contributed by atoms with Gasteiger partial charge in [0.15, 0.2) is 0 Å². The smallest absolute Gasteiger partial charge is 0.207 e. The van der Waals surface area contributed by atoms with E-state index in [1.54, 1.807) is 12.1 Å². The minimum Gasteiger partial charge on any atom is -0.207 e. The molecule has 27 heavy (non-hydrogen) atoms. The van der Waals surface area contributed by atoms with Gasteiger partial charge in [-0.15, -0.1) is 0 Å². The van der Waals surface area contributed by atoms with E-state index in [4.69, 9.17) is 5.26 Å². The Morgan fingerprint density at radius 1 is 0.815 bits per heavy atom. The molecule has 4 nitrogen and oxygen atoms in total. The molecule has 0 aliphatic carbocycles. The van der Waals surface area contributed by atoms with Gasteiger partial charge < -0.3 is 0 Å². The Balaban J connectivity index is 1.90. The highest BCUT2D eigenvalue weighted by Crippen LogP contribution is 2.20. The molecule has 0 saturated heterocycles. The molecule has 0 aliphatic rings. The normalized spacial score (nSPS) is 11.3. The zero-order valence-electron chi connectivity index (χ0n) is 14.8. The minimum atomic E-state index is -3.72. The van der Waals surface area contributed by atoms with Gasteiger partial charge in [-0.25, -0.2) is 8.42 Å². The van der Waals surface area contributed by atoms with Gasteiger partial charge in [0.05, 0.1) is 16.5 Å². The molecule has 0 heterocycles. The summed E-state index contributed by atoms with van der Waals surface area (Å²) in [5.41, 5.74) is 2.33. The van der Waals surface area contributed by atoms with Crippen molar-refractivity contribution in [3.8, 4) is 6.07 Å². The molecule has 0 spiro atoms. The molecule has 0 amide bonds. The third-order valence-corrected chi connectivity index (χ3v) is 6.14. The molecule has 0 aliphatic heterocycles. The predicted molar refractivity (Wildman–Crippen MR) is 105 cm³/mol. The molecule has 0 unspecified atom stereocenters. The number of hydrogen-bond donors (Lipinski definition) is 0. The van der Waals surface area contributed by atoms with Crippen LogP contribution in [0.5, 0.6) is 0 Å². The number of sulfonamides is 1. The summed E-state index contributed by atoms with van der Waals surface area (Å²) in [5.74, 6) is 0. The highest BCUT2D eigenvalue weighted by atomic mass is 32.2. The second-order valence-corrected chi connectivity index (χ2v) is 8.14. The molecular formula is C22H20N2O2S. The van der Waals surface area contributed by atoms with Gasteiger partial charge in [-0.3, -0.25) is 0 Å². The van der Waals surface area contributed by atoms with E-state index < -0.39 is 10.0 Å². The van der Waals surface area contributed by atoms with Crippen molar-refractivity contribution in [2.75, 3.05) is 6.54 Å². The van der Waals surface area contributed by atoms with Gasteiger partial charge in [0.2, 0.25) is 10.0 Å². The molecule has 0 saturated carbocycles. The summed E-state index contributed by atoms with van der Waals surface area (Å²) < 4.78 is 28.0. The van der Waals surface area contributed by atoms with Crippen molar-refractivity contribution in [1.82, 2.24) is 4.31 Å². The standard InChI is InChI=1S/C22H20N2O2S/c23-17-21-12-7-13-22(16-21)27(25,26)24(18-20-10-5-2-6-11-20)15-14-19-8-3-1-4-9-19/h1-13,16H,14-15,18H2. The SMILES string of the molecule is N#Cc1cccc(S(=O)(=O)N(CCc2ccccc2)Cc2ccccc2)c1. The van der Waals surface area contributed by atoms with Crippen LogP contribution in [0.15, 0.2) is 89.8 Å². The first-order valence-electron chi connectivity index (χ1n) is 8.68. The second kappa shape index (κ2) is 8.63. The molecular weight excluding hydrogens is 356 g/mol. The highest BCUT2D eigenvalue weighted by molar-refractivity contribution is 7.89. The lowest BCUT2D eigenvalue weighted by atomic mass is 10.1. The molecule has 3 aromatic carbocycles. The predicted octanol–water partition coefficient (Wildman–Crippen LogP) is 3.99. The summed E-state index contributed by atoms with van der Waals surface area (Å²) in [6.45, 7) is 0.644. The zero-order valence-corrected chi connectivity index (χ0v) is 15.6. The fourth-order valence-electron chi connectivity index (χ4n) is 2.84. The van der Waals surface area contributed by atoms with Crippen molar-refractivity contribution in [3.63, 3.8) is 0 Å².